The van der Waals surface area contributed by atoms with E-state index in [2.05, 4.69) is 55.2 Å². The van der Waals surface area contributed by atoms with E-state index in [9.17, 15) is 0 Å². The molecule has 1 aromatic carbocycles. The van der Waals surface area contributed by atoms with Gasteiger partial charge in [0.15, 0.2) is 5.82 Å². The van der Waals surface area contributed by atoms with Crippen LogP contribution in [0.3, 0.4) is 0 Å². The molecule has 1 fully saturated rings. The molecular formula is C23H28N6O2. The number of pyridine rings is 1. The smallest absolute Gasteiger partial charge is 0.217 e. The summed E-state index contributed by atoms with van der Waals surface area (Å²) in [4.78, 5) is 14.2. The summed E-state index contributed by atoms with van der Waals surface area (Å²) in [5.41, 5.74) is 4.40. The van der Waals surface area contributed by atoms with Gasteiger partial charge >= 0.3 is 0 Å². The maximum absolute atomic E-state index is 5.95. The molecule has 0 atom stereocenters. The first kappa shape index (κ1) is 21.0. The van der Waals surface area contributed by atoms with Crippen molar-refractivity contribution >= 4 is 11.5 Å². The molecule has 0 bridgehead atoms. The van der Waals surface area contributed by atoms with E-state index < -0.39 is 0 Å². The number of imidazole rings is 1. The molecule has 0 amide bonds. The molecule has 8 heteroatoms. The number of rotatable bonds is 8. The van der Waals surface area contributed by atoms with E-state index in [1.54, 1.807) is 0 Å². The van der Waals surface area contributed by atoms with Gasteiger partial charge in [-0.2, -0.15) is 10.1 Å². The summed E-state index contributed by atoms with van der Waals surface area (Å²) < 4.78 is 11.4. The van der Waals surface area contributed by atoms with Crippen molar-refractivity contribution in [1.82, 2.24) is 15.0 Å². The highest BCUT2D eigenvalue weighted by Gasteiger charge is 2.14. The second kappa shape index (κ2) is 10.2. The third-order valence-corrected chi connectivity index (χ3v) is 5.04. The summed E-state index contributed by atoms with van der Waals surface area (Å²) >= 11 is 0. The molecule has 1 N–H and O–H groups in total. The average molecular weight is 421 g/mol. The first-order valence-corrected chi connectivity index (χ1v) is 10.6. The topological polar surface area (TPSA) is 88.0 Å². The molecule has 2 aromatic heterocycles. The predicted molar refractivity (Wildman–Crippen MR) is 119 cm³/mol. The third-order valence-electron chi connectivity index (χ3n) is 5.04. The van der Waals surface area contributed by atoms with E-state index in [-0.39, 0.29) is 0 Å². The van der Waals surface area contributed by atoms with Crippen LogP contribution < -0.4 is 9.64 Å². The maximum atomic E-state index is 5.95. The van der Waals surface area contributed by atoms with Gasteiger partial charge in [-0.3, -0.25) is 0 Å². The molecule has 162 valence electrons. The molecule has 1 aliphatic heterocycles. The summed E-state index contributed by atoms with van der Waals surface area (Å²) in [6.45, 7) is 8.10. The van der Waals surface area contributed by atoms with Crippen LogP contribution in [0.2, 0.25) is 0 Å². The number of hydrogen-bond acceptors (Lipinski definition) is 7. The van der Waals surface area contributed by atoms with Gasteiger partial charge in [0.25, 0.3) is 0 Å². The third kappa shape index (κ3) is 6.11. The quantitative estimate of drug-likeness (QED) is 0.553. The number of nitrogens with one attached hydrogen (secondary N) is 1. The summed E-state index contributed by atoms with van der Waals surface area (Å²) in [6, 6.07) is 12.2. The van der Waals surface area contributed by atoms with Crippen LogP contribution in [0.5, 0.6) is 5.88 Å². The van der Waals surface area contributed by atoms with E-state index in [4.69, 9.17) is 9.47 Å². The lowest BCUT2D eigenvalue weighted by Gasteiger charge is -2.29. The first-order chi connectivity index (χ1) is 15.2. The number of aromatic nitrogens is 3. The van der Waals surface area contributed by atoms with E-state index >= 15 is 0 Å². The molecule has 3 aromatic rings. The highest BCUT2D eigenvalue weighted by atomic mass is 16.5. The van der Waals surface area contributed by atoms with Crippen LogP contribution in [0.1, 0.15) is 22.6 Å². The largest absolute Gasteiger partial charge is 0.477 e. The van der Waals surface area contributed by atoms with Crippen LogP contribution >= 0.6 is 0 Å². The number of hydrogen-bond donors (Lipinski definition) is 1. The first-order valence-electron chi connectivity index (χ1n) is 10.6. The Kier molecular flexibility index (Phi) is 6.89. The Bertz CT molecular complexity index is 1030. The summed E-state index contributed by atoms with van der Waals surface area (Å²) in [5, 5.41) is 8.74. The molecular weight excluding hydrogens is 392 g/mol. The zero-order valence-corrected chi connectivity index (χ0v) is 18.0. The zero-order chi connectivity index (χ0) is 21.5. The number of nitrogens with zero attached hydrogens (tertiary/aromatic N) is 5. The number of H-pyrrole nitrogens is 1. The number of ether oxygens (including phenoxy) is 2. The van der Waals surface area contributed by atoms with E-state index in [0.29, 0.717) is 38.1 Å². The van der Waals surface area contributed by atoms with Gasteiger partial charge in [-0.15, -0.1) is 5.11 Å². The molecule has 3 heterocycles. The summed E-state index contributed by atoms with van der Waals surface area (Å²) in [7, 11) is 0. The molecule has 1 aliphatic rings. The van der Waals surface area contributed by atoms with Crippen molar-refractivity contribution in [1.29, 1.82) is 0 Å². The molecule has 0 aliphatic carbocycles. The highest BCUT2D eigenvalue weighted by molar-refractivity contribution is 5.55. The van der Waals surface area contributed by atoms with Crippen LogP contribution in [0.15, 0.2) is 52.8 Å². The van der Waals surface area contributed by atoms with Gasteiger partial charge in [0.05, 0.1) is 26.4 Å². The maximum Gasteiger partial charge on any atom is 0.217 e. The van der Waals surface area contributed by atoms with Gasteiger partial charge in [-0.05, 0) is 19.4 Å². The second-order valence-corrected chi connectivity index (χ2v) is 7.60. The van der Waals surface area contributed by atoms with E-state index in [0.717, 1.165) is 42.3 Å². The Hall–Kier alpha value is -3.26. The minimum absolute atomic E-state index is 0.501. The Morgan fingerprint density at radius 1 is 1.16 bits per heavy atom. The van der Waals surface area contributed by atoms with Gasteiger partial charge in [-0.1, -0.05) is 29.8 Å². The number of azo groups is 1. The van der Waals surface area contributed by atoms with Crippen molar-refractivity contribution < 1.29 is 9.47 Å². The minimum Gasteiger partial charge on any atom is -0.477 e. The predicted octanol–water partition coefficient (Wildman–Crippen LogP) is 4.16. The fourth-order valence-electron chi connectivity index (χ4n) is 3.47. The van der Waals surface area contributed by atoms with E-state index in [1.807, 2.05) is 31.3 Å². The summed E-state index contributed by atoms with van der Waals surface area (Å²) in [6.07, 6.45) is 2.57. The SMILES string of the molecule is Cc1cccc(CN=Nc2cc(N3CCOCC3)cc(OCCc3cnc(C)[nH]3)n2)c1. The summed E-state index contributed by atoms with van der Waals surface area (Å²) in [5.74, 6) is 1.99. The molecule has 4 rings (SSSR count). The monoisotopic (exact) mass is 420 g/mol. The fourth-order valence-corrected chi connectivity index (χ4v) is 3.47. The normalized spacial score (nSPS) is 14.3. The average Bonchev–Trinajstić information content (AvgIpc) is 3.19. The molecule has 1 saturated heterocycles. The van der Waals surface area contributed by atoms with Crippen molar-refractivity contribution in [2.45, 2.75) is 26.8 Å². The van der Waals surface area contributed by atoms with Gasteiger partial charge in [0.1, 0.15) is 5.82 Å². The molecule has 0 spiro atoms. The molecule has 0 saturated carbocycles. The van der Waals surface area contributed by atoms with Crippen molar-refractivity contribution in [3.05, 3.63) is 65.2 Å². The van der Waals surface area contributed by atoms with Crippen molar-refractivity contribution in [3.8, 4) is 5.88 Å². The minimum atomic E-state index is 0.501. The number of morpholine rings is 1. The van der Waals surface area contributed by atoms with Crippen molar-refractivity contribution in [2.75, 3.05) is 37.8 Å². The lowest BCUT2D eigenvalue weighted by molar-refractivity contribution is 0.122. The Balaban J connectivity index is 1.47. The van der Waals surface area contributed by atoms with Crippen LogP contribution in [-0.4, -0.2) is 47.9 Å². The fraction of sp³-hybridized carbons (Fsp3) is 0.391. The van der Waals surface area contributed by atoms with Crippen LogP contribution in [0.25, 0.3) is 0 Å². The molecule has 8 nitrogen and oxygen atoms in total. The van der Waals surface area contributed by atoms with Crippen LogP contribution in [0.4, 0.5) is 11.5 Å². The Morgan fingerprint density at radius 2 is 2.03 bits per heavy atom. The van der Waals surface area contributed by atoms with Crippen LogP contribution in [-0.2, 0) is 17.7 Å². The van der Waals surface area contributed by atoms with E-state index in [1.165, 1.54) is 5.56 Å². The molecule has 0 radical (unpaired) electrons. The molecule has 31 heavy (non-hydrogen) atoms. The standard InChI is InChI=1S/C23H28N6O2/c1-17-4-3-5-19(12-17)15-25-28-22-13-21(29-7-10-30-11-8-29)14-23(27-22)31-9-6-20-16-24-18(2)26-20/h3-5,12-14,16H,6-11,15H2,1-2H3,(H,24,26). The number of aryl methyl sites for hydroxylation is 2. The lowest BCUT2D eigenvalue weighted by Crippen LogP contribution is -2.36. The number of benzene rings is 1. The Morgan fingerprint density at radius 3 is 2.81 bits per heavy atom. The zero-order valence-electron chi connectivity index (χ0n) is 18.0. The Labute approximate surface area is 182 Å². The van der Waals surface area contributed by atoms with Gasteiger partial charge in [-0.25, -0.2) is 4.98 Å². The second-order valence-electron chi connectivity index (χ2n) is 7.60. The van der Waals surface area contributed by atoms with Crippen LogP contribution in [0, 0.1) is 13.8 Å². The van der Waals surface area contributed by atoms with Crippen molar-refractivity contribution in [2.24, 2.45) is 10.2 Å². The van der Waals surface area contributed by atoms with Crippen molar-refractivity contribution in [3.63, 3.8) is 0 Å². The lowest BCUT2D eigenvalue weighted by atomic mass is 10.1. The van der Waals surface area contributed by atoms with Gasteiger partial charge in [0.2, 0.25) is 5.88 Å². The van der Waals surface area contributed by atoms with Gasteiger partial charge < -0.3 is 19.4 Å². The number of aromatic amines is 1. The highest BCUT2D eigenvalue weighted by Crippen LogP contribution is 2.26. The number of anilines is 1. The molecule has 0 unspecified atom stereocenters. The van der Waals surface area contributed by atoms with Gasteiger partial charge in [0, 0.05) is 49.2 Å².